The zero-order valence-electron chi connectivity index (χ0n) is 23.4. The fourth-order valence-corrected chi connectivity index (χ4v) is 5.76. The molecular formula is C34H48O3. The molecule has 3 heteroatoms. The van der Waals surface area contributed by atoms with Crippen molar-refractivity contribution in [1.29, 1.82) is 0 Å². The van der Waals surface area contributed by atoms with E-state index in [1.807, 2.05) is 12.1 Å². The van der Waals surface area contributed by atoms with Crippen molar-refractivity contribution >= 4 is 5.97 Å². The molecule has 0 aromatic heterocycles. The van der Waals surface area contributed by atoms with Crippen molar-refractivity contribution < 1.29 is 14.6 Å². The number of hydrogen-bond donors (Lipinski definition) is 1. The smallest absolute Gasteiger partial charge is 0.333 e. The van der Waals surface area contributed by atoms with Gasteiger partial charge in [-0.25, -0.2) is 4.79 Å². The number of aliphatic hydroxyl groups is 1. The minimum Gasteiger partial charge on any atom is -0.462 e. The topological polar surface area (TPSA) is 46.5 Å². The van der Waals surface area contributed by atoms with Crippen molar-refractivity contribution in [2.75, 3.05) is 13.2 Å². The molecule has 1 fully saturated rings. The molecule has 0 aliphatic heterocycles. The van der Waals surface area contributed by atoms with Crippen molar-refractivity contribution in [3.63, 3.8) is 0 Å². The molecule has 3 nitrogen and oxygen atoms in total. The van der Waals surface area contributed by atoms with Crippen LogP contribution in [0.1, 0.15) is 112 Å². The summed E-state index contributed by atoms with van der Waals surface area (Å²) in [7, 11) is 0. The van der Waals surface area contributed by atoms with Crippen LogP contribution in [-0.2, 0) is 28.8 Å². The summed E-state index contributed by atoms with van der Waals surface area (Å²) in [4.78, 5) is 11.7. The predicted octanol–water partition coefficient (Wildman–Crippen LogP) is 8.08. The van der Waals surface area contributed by atoms with E-state index in [1.165, 1.54) is 68.1 Å². The van der Waals surface area contributed by atoms with Gasteiger partial charge in [-0.3, -0.25) is 0 Å². The third-order valence-corrected chi connectivity index (χ3v) is 8.23. The predicted molar refractivity (Wildman–Crippen MR) is 154 cm³/mol. The lowest BCUT2D eigenvalue weighted by Gasteiger charge is -2.30. The van der Waals surface area contributed by atoms with Crippen LogP contribution in [-0.4, -0.2) is 24.3 Å². The molecule has 1 atom stereocenters. The Kier molecular flexibility index (Phi) is 11.9. The van der Waals surface area contributed by atoms with Gasteiger partial charge < -0.3 is 9.84 Å². The number of rotatable bonds is 14. The molecule has 37 heavy (non-hydrogen) atoms. The first-order chi connectivity index (χ1) is 17.9. The number of benzene rings is 2. The second-order valence-electron chi connectivity index (χ2n) is 11.1. The second kappa shape index (κ2) is 15.1. The van der Waals surface area contributed by atoms with Crippen LogP contribution in [0.3, 0.4) is 0 Å². The number of carbonyl (C=O) groups is 1. The van der Waals surface area contributed by atoms with Crippen LogP contribution in [0.2, 0.25) is 0 Å². The number of unbranched alkanes of at least 4 members (excludes halogenated alkanes) is 2. The van der Waals surface area contributed by atoms with Crippen LogP contribution >= 0.6 is 0 Å². The molecule has 0 saturated heterocycles. The maximum atomic E-state index is 11.7. The van der Waals surface area contributed by atoms with Gasteiger partial charge in [0.15, 0.2) is 0 Å². The quantitative estimate of drug-likeness (QED) is 0.161. The van der Waals surface area contributed by atoms with E-state index in [0.717, 1.165) is 36.7 Å². The van der Waals surface area contributed by atoms with Crippen LogP contribution in [0, 0.1) is 5.92 Å². The Bertz CT molecular complexity index is 983. The molecule has 0 heterocycles. The van der Waals surface area contributed by atoms with E-state index in [2.05, 4.69) is 50.8 Å². The fraction of sp³-hybridized carbons (Fsp3) is 0.559. The molecule has 1 saturated carbocycles. The molecule has 1 aliphatic carbocycles. The number of ether oxygens (including phenoxy) is 1. The highest BCUT2D eigenvalue weighted by molar-refractivity contribution is 5.86. The number of aryl methyl sites for hydroxylation is 3. The van der Waals surface area contributed by atoms with Crippen LogP contribution in [0.4, 0.5) is 0 Å². The Morgan fingerprint density at radius 2 is 1.68 bits per heavy atom. The zero-order chi connectivity index (χ0) is 26.6. The van der Waals surface area contributed by atoms with Gasteiger partial charge in [0, 0.05) is 11.5 Å². The highest BCUT2D eigenvalue weighted by Crippen LogP contribution is 2.39. The van der Waals surface area contributed by atoms with Crippen molar-refractivity contribution in [2.45, 2.75) is 103 Å². The molecule has 1 N–H and O–H groups in total. The number of carbonyl (C=O) groups excluding carboxylic acids is 1. The summed E-state index contributed by atoms with van der Waals surface area (Å²) < 4.78 is 5.25. The van der Waals surface area contributed by atoms with Gasteiger partial charge in [-0.2, -0.15) is 0 Å². The van der Waals surface area contributed by atoms with Crippen molar-refractivity contribution in [3.05, 3.63) is 82.4 Å². The minimum absolute atomic E-state index is 0.0601. The molecule has 1 unspecified atom stereocenters. The molecule has 202 valence electrons. The van der Waals surface area contributed by atoms with Gasteiger partial charge in [0.2, 0.25) is 0 Å². The summed E-state index contributed by atoms with van der Waals surface area (Å²) in [5.41, 5.74) is 7.19. The average Bonchev–Trinajstić information content (AvgIpc) is 2.93. The monoisotopic (exact) mass is 504 g/mol. The van der Waals surface area contributed by atoms with E-state index < -0.39 is 5.97 Å². The minimum atomic E-state index is -0.414. The summed E-state index contributed by atoms with van der Waals surface area (Å²) in [6.07, 6.45) is 14.2. The summed E-state index contributed by atoms with van der Waals surface area (Å²) in [6.45, 7) is 9.92. The van der Waals surface area contributed by atoms with Gasteiger partial charge in [0.05, 0.1) is 6.61 Å². The normalized spacial score (nSPS) is 18.4. The molecule has 0 radical (unpaired) electrons. The third-order valence-electron chi connectivity index (χ3n) is 8.23. The summed E-state index contributed by atoms with van der Waals surface area (Å²) in [5, 5.41) is 9.76. The van der Waals surface area contributed by atoms with E-state index in [0.29, 0.717) is 5.57 Å². The Morgan fingerprint density at radius 3 is 2.30 bits per heavy atom. The summed E-state index contributed by atoms with van der Waals surface area (Å²) in [5.74, 6) is 1.07. The molecular weight excluding hydrogens is 456 g/mol. The van der Waals surface area contributed by atoms with Gasteiger partial charge in [0.1, 0.15) is 6.61 Å². The van der Waals surface area contributed by atoms with E-state index in [9.17, 15) is 9.90 Å². The first kappa shape index (κ1) is 29.2. The van der Waals surface area contributed by atoms with Crippen molar-refractivity contribution in [3.8, 4) is 0 Å². The Labute approximate surface area is 225 Å². The largest absolute Gasteiger partial charge is 0.462 e. The van der Waals surface area contributed by atoms with Crippen LogP contribution in [0.15, 0.2) is 54.6 Å². The van der Waals surface area contributed by atoms with Crippen LogP contribution in [0.25, 0.3) is 0 Å². The highest BCUT2D eigenvalue weighted by atomic mass is 16.5. The van der Waals surface area contributed by atoms with Crippen molar-refractivity contribution in [1.82, 2.24) is 0 Å². The maximum Gasteiger partial charge on any atom is 0.333 e. The van der Waals surface area contributed by atoms with Gasteiger partial charge in [-0.15, -0.1) is 0 Å². The molecule has 2 aromatic rings. The first-order valence-corrected chi connectivity index (χ1v) is 14.6. The molecule has 0 spiro atoms. The fourth-order valence-electron chi connectivity index (χ4n) is 5.76. The number of hydrogen-bond acceptors (Lipinski definition) is 3. The maximum absolute atomic E-state index is 11.7. The van der Waals surface area contributed by atoms with Crippen molar-refractivity contribution in [2.24, 2.45) is 5.92 Å². The standard InChI is InChI=1S/C34H48O3/c1-5-7-8-9-26-14-19-31(20-15-26)33-21-16-28(22-29(33)6-2)11-10-27-12-17-30(18-13-27)32(23-35)24-37-34(36)25(3)4/h12-13,16-18,21-22,26,31-32,35H,3,5-11,14-15,19-20,23-24H2,1-2,4H3. The molecule has 3 rings (SSSR count). The van der Waals surface area contributed by atoms with E-state index in [4.69, 9.17) is 4.74 Å². The van der Waals surface area contributed by atoms with E-state index >= 15 is 0 Å². The Balaban J connectivity index is 1.53. The summed E-state index contributed by atoms with van der Waals surface area (Å²) >= 11 is 0. The number of esters is 1. The van der Waals surface area contributed by atoms with Gasteiger partial charge in [0.25, 0.3) is 0 Å². The third kappa shape index (κ3) is 8.85. The van der Waals surface area contributed by atoms with Gasteiger partial charge in [-0.1, -0.05) is 88.6 Å². The highest BCUT2D eigenvalue weighted by Gasteiger charge is 2.23. The lowest BCUT2D eigenvalue weighted by Crippen LogP contribution is -2.16. The SMILES string of the molecule is C=C(C)C(=O)OCC(CO)c1ccc(CCc2ccc(C3CCC(CCCCC)CC3)c(CC)c2)cc1. The molecule has 2 aromatic carbocycles. The van der Waals surface area contributed by atoms with Crippen LogP contribution in [0.5, 0.6) is 0 Å². The second-order valence-corrected chi connectivity index (χ2v) is 11.1. The lowest BCUT2D eigenvalue weighted by molar-refractivity contribution is -0.139. The van der Waals surface area contributed by atoms with Gasteiger partial charge in [-0.05, 0) is 91.5 Å². The molecule has 1 aliphatic rings. The zero-order valence-corrected chi connectivity index (χ0v) is 23.4. The van der Waals surface area contributed by atoms with Crippen LogP contribution < -0.4 is 0 Å². The lowest BCUT2D eigenvalue weighted by atomic mass is 9.75. The first-order valence-electron chi connectivity index (χ1n) is 14.6. The van der Waals surface area contributed by atoms with Gasteiger partial charge >= 0.3 is 5.97 Å². The van der Waals surface area contributed by atoms with E-state index in [1.54, 1.807) is 12.5 Å². The Hall–Kier alpha value is -2.39. The molecule has 0 amide bonds. The summed E-state index contributed by atoms with van der Waals surface area (Å²) in [6, 6.07) is 15.6. The van der Waals surface area contributed by atoms with E-state index in [-0.39, 0.29) is 19.1 Å². The molecule has 0 bridgehead atoms. The Morgan fingerprint density at radius 1 is 1.00 bits per heavy atom. The number of aliphatic hydroxyl groups excluding tert-OH is 1. The average molecular weight is 505 g/mol.